The molecule has 0 aliphatic rings. The molecule has 0 spiro atoms. The predicted octanol–water partition coefficient (Wildman–Crippen LogP) is 17.4. The Morgan fingerprint density at radius 3 is 0.857 bits per heavy atom. The molecule has 0 saturated carbocycles. The summed E-state index contributed by atoms with van der Waals surface area (Å²) in [6, 6.07) is 0. The van der Waals surface area contributed by atoms with E-state index in [4.69, 9.17) is 29.0 Å². The highest BCUT2D eigenvalue weighted by Gasteiger charge is 2.28. The molecule has 0 aromatic carbocycles. The Labute approximate surface area is 349 Å². The summed E-state index contributed by atoms with van der Waals surface area (Å²) in [7, 11) is 0. The van der Waals surface area contributed by atoms with Crippen molar-refractivity contribution in [1.82, 2.24) is 0 Å². The third-order valence-electron chi connectivity index (χ3n) is 11.1. The van der Waals surface area contributed by atoms with Gasteiger partial charge in [-0.2, -0.15) is 9.78 Å². The fraction of sp³-hybridized carbons (Fsp3) is 0.980. The molecule has 0 bridgehead atoms. The fourth-order valence-corrected chi connectivity index (χ4v) is 7.21. The molecule has 0 aromatic heterocycles. The molecule has 7 nitrogen and oxygen atoms in total. The maximum absolute atomic E-state index is 13.3. The Hall–Kier alpha value is -0.890. The van der Waals surface area contributed by atoms with Gasteiger partial charge in [-0.05, 0) is 53.4 Å². The van der Waals surface area contributed by atoms with Crippen molar-refractivity contribution in [1.29, 1.82) is 0 Å². The molecule has 0 heterocycles. The van der Waals surface area contributed by atoms with Gasteiger partial charge in [-0.25, -0.2) is 14.6 Å². The van der Waals surface area contributed by atoms with Gasteiger partial charge in [0.25, 0.3) is 0 Å². The van der Waals surface area contributed by atoms with Gasteiger partial charge in [-0.3, -0.25) is 0 Å². The van der Waals surface area contributed by atoms with Gasteiger partial charge in [-0.15, -0.1) is 0 Å². The van der Waals surface area contributed by atoms with E-state index in [0.29, 0.717) is 12.8 Å². The second-order valence-corrected chi connectivity index (χ2v) is 18.2. The second kappa shape index (κ2) is 39.6. The lowest BCUT2D eigenvalue weighted by molar-refractivity contribution is -0.425. The van der Waals surface area contributed by atoms with Gasteiger partial charge in [0.2, 0.25) is 12.6 Å². The van der Waals surface area contributed by atoms with Gasteiger partial charge in [0.05, 0.1) is 11.2 Å². The Bertz CT molecular complexity index is 752. The largest absolute Gasteiger partial charge is 0.513 e. The van der Waals surface area contributed by atoms with Crippen LogP contribution in [0.1, 0.15) is 287 Å². The minimum Gasteiger partial charge on any atom is -0.401 e. The first-order valence-electron chi connectivity index (χ1n) is 24.6. The van der Waals surface area contributed by atoms with E-state index in [9.17, 15) is 4.79 Å². The van der Waals surface area contributed by atoms with Crippen LogP contribution in [0, 0.1) is 0 Å². The first kappa shape index (κ1) is 55.1. The number of hydrogen-bond donors (Lipinski definition) is 0. The quantitative estimate of drug-likeness (QED) is 0.0200. The van der Waals surface area contributed by atoms with Crippen LogP contribution in [0.25, 0.3) is 0 Å². The summed E-state index contributed by atoms with van der Waals surface area (Å²) in [5, 5.41) is 0. The van der Waals surface area contributed by atoms with Crippen molar-refractivity contribution in [2.45, 2.75) is 310 Å². The van der Waals surface area contributed by atoms with Gasteiger partial charge in [0, 0.05) is 12.8 Å². The summed E-state index contributed by atoms with van der Waals surface area (Å²) >= 11 is 0. The minimum absolute atomic E-state index is 0.478. The predicted molar refractivity (Wildman–Crippen MR) is 237 cm³/mol. The van der Waals surface area contributed by atoms with Crippen molar-refractivity contribution in [2.75, 3.05) is 0 Å². The van der Waals surface area contributed by atoms with Crippen LogP contribution < -0.4 is 0 Å². The molecule has 0 aliphatic carbocycles. The van der Waals surface area contributed by atoms with Crippen molar-refractivity contribution in [3.63, 3.8) is 0 Å². The van der Waals surface area contributed by atoms with E-state index in [1.54, 1.807) is 0 Å². The SMILES string of the molecule is CCCCCCCCCCCCCCCC(OOC(C)(C)CCCCC)OC(=O)OC(CCCCCCCCCCCCCCC)OOC(C)(C)CCCCC. The lowest BCUT2D eigenvalue weighted by Crippen LogP contribution is -2.33. The molecule has 0 radical (unpaired) electrons. The summed E-state index contributed by atoms with van der Waals surface area (Å²) in [4.78, 5) is 36.8. The van der Waals surface area contributed by atoms with Crippen LogP contribution in [-0.2, 0) is 29.0 Å². The first-order chi connectivity index (χ1) is 27.1. The molecule has 0 aliphatic heterocycles. The Morgan fingerprint density at radius 1 is 0.357 bits per heavy atom. The number of carbonyl (C=O) groups excluding carboxylic acids is 1. The number of carbonyl (C=O) groups is 1. The summed E-state index contributed by atoms with van der Waals surface area (Å²) in [5.41, 5.74) is -0.957. The maximum atomic E-state index is 13.3. The molecule has 336 valence electrons. The van der Waals surface area contributed by atoms with Crippen LogP contribution in [-0.4, -0.2) is 29.9 Å². The third kappa shape index (κ3) is 38.6. The van der Waals surface area contributed by atoms with Crippen molar-refractivity contribution in [2.24, 2.45) is 0 Å². The highest BCUT2D eigenvalue weighted by atomic mass is 17.2. The zero-order chi connectivity index (χ0) is 41.4. The summed E-state index contributed by atoms with van der Waals surface area (Å²) < 4.78 is 11.6. The summed E-state index contributed by atoms with van der Waals surface area (Å²) in [6.07, 6.45) is 40.3. The molecule has 56 heavy (non-hydrogen) atoms. The summed E-state index contributed by atoms with van der Waals surface area (Å²) in [6.45, 7) is 17.1. The molecule has 0 amide bonds. The number of rotatable bonds is 44. The molecule has 0 aromatic rings. The van der Waals surface area contributed by atoms with Crippen LogP contribution >= 0.6 is 0 Å². The van der Waals surface area contributed by atoms with E-state index in [-0.39, 0.29) is 0 Å². The Kier molecular flexibility index (Phi) is 38.9. The molecular weight excluding hydrogens is 701 g/mol. The molecule has 0 rings (SSSR count). The van der Waals surface area contributed by atoms with Crippen molar-refractivity contribution < 1.29 is 33.8 Å². The topological polar surface area (TPSA) is 72.5 Å². The number of unbranched alkanes of at least 4 members (excludes halogenated alkanes) is 28. The molecule has 0 fully saturated rings. The molecule has 2 unspecified atom stereocenters. The van der Waals surface area contributed by atoms with Crippen LogP contribution in [0.3, 0.4) is 0 Å². The molecule has 0 N–H and O–H groups in total. The van der Waals surface area contributed by atoms with Crippen molar-refractivity contribution >= 4 is 6.16 Å². The van der Waals surface area contributed by atoms with Gasteiger partial charge in [-0.1, -0.05) is 220 Å². The molecule has 7 heteroatoms. The highest BCUT2D eigenvalue weighted by molar-refractivity contribution is 5.60. The van der Waals surface area contributed by atoms with E-state index < -0.39 is 29.9 Å². The fourth-order valence-electron chi connectivity index (χ4n) is 7.21. The van der Waals surface area contributed by atoms with Gasteiger partial charge >= 0.3 is 6.16 Å². The molecule has 0 saturated heterocycles. The van der Waals surface area contributed by atoms with E-state index >= 15 is 0 Å². The molecular formula is C49H98O7. The second-order valence-electron chi connectivity index (χ2n) is 18.2. The average Bonchev–Trinajstić information content (AvgIpc) is 3.16. The normalized spacial score (nSPS) is 13.3. The van der Waals surface area contributed by atoms with Gasteiger partial charge in [0.1, 0.15) is 0 Å². The van der Waals surface area contributed by atoms with E-state index in [2.05, 4.69) is 27.7 Å². The average molecular weight is 799 g/mol. The molecule has 2 atom stereocenters. The van der Waals surface area contributed by atoms with E-state index in [0.717, 1.165) is 77.0 Å². The third-order valence-corrected chi connectivity index (χ3v) is 11.1. The highest BCUT2D eigenvalue weighted by Crippen LogP contribution is 2.24. The van der Waals surface area contributed by atoms with Crippen molar-refractivity contribution in [3.05, 3.63) is 0 Å². The summed E-state index contributed by atoms with van der Waals surface area (Å²) in [5.74, 6) is 0. The van der Waals surface area contributed by atoms with Crippen LogP contribution in [0.5, 0.6) is 0 Å². The zero-order valence-electron chi connectivity index (χ0n) is 39.0. The van der Waals surface area contributed by atoms with Gasteiger partial charge < -0.3 is 9.47 Å². The van der Waals surface area contributed by atoms with Crippen LogP contribution in [0.2, 0.25) is 0 Å². The van der Waals surface area contributed by atoms with Crippen LogP contribution in [0.15, 0.2) is 0 Å². The van der Waals surface area contributed by atoms with Crippen LogP contribution in [0.4, 0.5) is 4.79 Å². The Balaban J connectivity index is 4.99. The first-order valence-corrected chi connectivity index (χ1v) is 24.6. The lowest BCUT2D eigenvalue weighted by Gasteiger charge is -2.28. The maximum Gasteiger partial charge on any atom is 0.513 e. The monoisotopic (exact) mass is 799 g/mol. The zero-order valence-corrected chi connectivity index (χ0v) is 39.0. The van der Waals surface area contributed by atoms with Crippen molar-refractivity contribution in [3.8, 4) is 0 Å². The number of ether oxygens (including phenoxy) is 2. The van der Waals surface area contributed by atoms with E-state index in [1.165, 1.54) is 141 Å². The standard InChI is InChI=1S/C49H98O7/c1-9-13-17-19-21-23-25-27-29-31-33-35-37-41-45(53-55-48(5,6)43-39-15-11-3)51-47(50)52-46(54-56-49(7,8)44-40-16-12-4)42-38-36-34-32-30-28-26-24-22-20-18-14-10-2/h45-46H,9-44H2,1-8H3. The van der Waals surface area contributed by atoms with Gasteiger partial charge in [0.15, 0.2) is 0 Å². The Morgan fingerprint density at radius 2 is 0.589 bits per heavy atom. The smallest absolute Gasteiger partial charge is 0.401 e. The minimum atomic E-state index is -0.843. The lowest BCUT2D eigenvalue weighted by atomic mass is 10.0. The number of hydrogen-bond acceptors (Lipinski definition) is 7. The van der Waals surface area contributed by atoms with E-state index in [1.807, 2.05) is 27.7 Å².